The number of hydrogen-bond donors (Lipinski definition) is 1. The molecular weight excluding hydrogens is 476 g/mol. The van der Waals surface area contributed by atoms with Crippen molar-refractivity contribution in [1.29, 1.82) is 0 Å². The molecule has 1 N–H and O–H groups in total. The summed E-state index contributed by atoms with van der Waals surface area (Å²) < 4.78 is 53.1. The van der Waals surface area contributed by atoms with Crippen LogP contribution in [0.15, 0.2) is 48.5 Å². The number of anilines is 1. The van der Waals surface area contributed by atoms with Crippen LogP contribution in [0.2, 0.25) is 0 Å². The first-order valence-electron chi connectivity index (χ1n) is 11.6. The van der Waals surface area contributed by atoms with E-state index in [1.54, 1.807) is 19.1 Å². The summed E-state index contributed by atoms with van der Waals surface area (Å²) >= 11 is 0. The molecule has 2 aromatic rings. The first-order valence-corrected chi connectivity index (χ1v) is 13.5. The fourth-order valence-corrected chi connectivity index (χ4v) is 4.67. The molecule has 1 atom stereocenters. The minimum Gasteiger partial charge on any atom is -0.354 e. The zero-order chi connectivity index (χ0) is 26.0. The van der Waals surface area contributed by atoms with Crippen LogP contribution in [0, 0.1) is 11.6 Å². The number of rotatable bonds is 13. The van der Waals surface area contributed by atoms with Gasteiger partial charge in [0.1, 0.15) is 17.7 Å². The standard InChI is InChI=1S/C25H33F2N3O4S/c1-4-16-28-25(32)22(5-2)29(18-19-12-14-20(26)15-13-19)24(31)11-8-17-30(35(3,33)34)23-10-7-6-9-21(23)27/h6-7,9-10,12-15,22H,4-5,8,11,16-18H2,1-3H3,(H,28,32)/t22-/m1/s1. The summed E-state index contributed by atoms with van der Waals surface area (Å²) in [6.07, 6.45) is 2.15. The number of benzene rings is 2. The maximum atomic E-state index is 14.2. The largest absolute Gasteiger partial charge is 0.354 e. The van der Waals surface area contributed by atoms with Crippen LogP contribution in [0.25, 0.3) is 0 Å². The second-order valence-corrected chi connectivity index (χ2v) is 10.2. The van der Waals surface area contributed by atoms with E-state index in [0.717, 1.165) is 17.0 Å². The van der Waals surface area contributed by atoms with Crippen molar-refractivity contribution >= 4 is 27.5 Å². The summed E-state index contributed by atoms with van der Waals surface area (Å²) in [5.41, 5.74) is 0.571. The van der Waals surface area contributed by atoms with Gasteiger partial charge in [0.05, 0.1) is 11.9 Å². The summed E-state index contributed by atoms with van der Waals surface area (Å²) in [5.74, 6) is -1.72. The molecule has 0 heterocycles. The molecule has 7 nitrogen and oxygen atoms in total. The van der Waals surface area contributed by atoms with Gasteiger partial charge in [0, 0.05) is 26.1 Å². The summed E-state index contributed by atoms with van der Waals surface area (Å²) in [7, 11) is -3.79. The highest BCUT2D eigenvalue weighted by Crippen LogP contribution is 2.22. The average molecular weight is 510 g/mol. The number of nitrogens with one attached hydrogen (secondary N) is 1. The molecule has 0 fully saturated rings. The summed E-state index contributed by atoms with van der Waals surface area (Å²) in [6, 6.07) is 10.5. The molecule has 2 rings (SSSR count). The van der Waals surface area contributed by atoms with Crippen molar-refractivity contribution in [2.45, 2.75) is 52.1 Å². The predicted molar refractivity (Wildman–Crippen MR) is 132 cm³/mol. The van der Waals surface area contributed by atoms with Gasteiger partial charge in [-0.1, -0.05) is 38.1 Å². The van der Waals surface area contributed by atoms with Crippen molar-refractivity contribution in [2.75, 3.05) is 23.7 Å². The van der Waals surface area contributed by atoms with Crippen LogP contribution >= 0.6 is 0 Å². The Hall–Kier alpha value is -3.01. The lowest BCUT2D eigenvalue weighted by atomic mass is 10.1. The predicted octanol–water partition coefficient (Wildman–Crippen LogP) is 3.84. The van der Waals surface area contributed by atoms with E-state index in [0.29, 0.717) is 18.5 Å². The number of hydrogen-bond acceptors (Lipinski definition) is 4. The zero-order valence-electron chi connectivity index (χ0n) is 20.3. The maximum absolute atomic E-state index is 14.2. The molecule has 10 heteroatoms. The molecule has 0 aliphatic carbocycles. The number of sulfonamides is 1. The van der Waals surface area contributed by atoms with Crippen molar-refractivity contribution in [3.05, 3.63) is 65.7 Å². The first-order chi connectivity index (χ1) is 16.6. The van der Waals surface area contributed by atoms with Crippen molar-refractivity contribution in [3.63, 3.8) is 0 Å². The SMILES string of the molecule is CCCNC(=O)[C@@H](CC)N(Cc1ccc(F)cc1)C(=O)CCCN(c1ccccc1F)S(C)(=O)=O. The number of amides is 2. The second kappa shape index (κ2) is 13.2. The molecule has 2 amide bonds. The molecular formula is C25H33F2N3O4S. The van der Waals surface area contributed by atoms with Crippen molar-refractivity contribution in [1.82, 2.24) is 10.2 Å². The summed E-state index contributed by atoms with van der Waals surface area (Å²) in [5, 5.41) is 2.81. The van der Waals surface area contributed by atoms with Crippen LogP contribution in [0.4, 0.5) is 14.5 Å². The fourth-order valence-electron chi connectivity index (χ4n) is 3.71. The number of halogens is 2. The van der Waals surface area contributed by atoms with Gasteiger partial charge in [0.2, 0.25) is 21.8 Å². The molecule has 0 spiro atoms. The van der Waals surface area contributed by atoms with E-state index in [-0.39, 0.29) is 43.4 Å². The topological polar surface area (TPSA) is 86.8 Å². The van der Waals surface area contributed by atoms with Gasteiger partial charge >= 0.3 is 0 Å². The van der Waals surface area contributed by atoms with E-state index >= 15 is 0 Å². The number of carbonyl (C=O) groups is 2. The second-order valence-electron chi connectivity index (χ2n) is 8.25. The van der Waals surface area contributed by atoms with E-state index in [4.69, 9.17) is 0 Å². The minimum absolute atomic E-state index is 0.0563. The van der Waals surface area contributed by atoms with E-state index in [1.807, 2.05) is 6.92 Å². The third-order valence-electron chi connectivity index (χ3n) is 5.47. The van der Waals surface area contributed by atoms with Crippen LogP contribution in [-0.2, 0) is 26.2 Å². The Balaban J connectivity index is 2.20. The normalized spacial score (nSPS) is 12.1. The highest BCUT2D eigenvalue weighted by molar-refractivity contribution is 7.92. The maximum Gasteiger partial charge on any atom is 0.242 e. The van der Waals surface area contributed by atoms with E-state index in [9.17, 15) is 26.8 Å². The summed E-state index contributed by atoms with van der Waals surface area (Å²) in [6.45, 7) is 4.19. The highest BCUT2D eigenvalue weighted by Gasteiger charge is 2.29. The Bertz CT molecular complexity index is 1090. The third kappa shape index (κ3) is 8.31. The van der Waals surface area contributed by atoms with Gasteiger partial charge < -0.3 is 10.2 Å². The molecule has 35 heavy (non-hydrogen) atoms. The number of nitrogens with zero attached hydrogens (tertiary/aromatic N) is 2. The van der Waals surface area contributed by atoms with Crippen LogP contribution in [0.3, 0.4) is 0 Å². The van der Waals surface area contributed by atoms with Gasteiger partial charge in [0.25, 0.3) is 0 Å². The molecule has 2 aromatic carbocycles. The zero-order valence-corrected chi connectivity index (χ0v) is 21.2. The van der Waals surface area contributed by atoms with E-state index in [2.05, 4.69) is 5.32 Å². The Kier molecular flexibility index (Phi) is 10.6. The summed E-state index contributed by atoms with van der Waals surface area (Å²) in [4.78, 5) is 27.5. The van der Waals surface area contributed by atoms with Gasteiger partial charge in [-0.15, -0.1) is 0 Å². The number of carbonyl (C=O) groups excluding carboxylic acids is 2. The minimum atomic E-state index is -3.79. The lowest BCUT2D eigenvalue weighted by Crippen LogP contribution is -2.49. The Morgan fingerprint density at radius 3 is 2.26 bits per heavy atom. The monoisotopic (exact) mass is 509 g/mol. The van der Waals surface area contributed by atoms with E-state index in [1.165, 1.54) is 41.3 Å². The van der Waals surface area contributed by atoms with Crippen molar-refractivity contribution < 1.29 is 26.8 Å². The third-order valence-corrected chi connectivity index (χ3v) is 6.65. The molecule has 0 saturated heterocycles. The molecule has 0 aliphatic heterocycles. The van der Waals surface area contributed by atoms with Crippen LogP contribution in [0.1, 0.15) is 45.1 Å². The molecule has 0 aromatic heterocycles. The van der Waals surface area contributed by atoms with Gasteiger partial charge in [-0.2, -0.15) is 0 Å². The molecule has 0 aliphatic rings. The molecule has 0 unspecified atom stereocenters. The van der Waals surface area contributed by atoms with Crippen LogP contribution in [-0.4, -0.2) is 50.5 Å². The molecule has 0 saturated carbocycles. The molecule has 0 bridgehead atoms. The van der Waals surface area contributed by atoms with Crippen LogP contribution < -0.4 is 9.62 Å². The van der Waals surface area contributed by atoms with Crippen molar-refractivity contribution in [3.8, 4) is 0 Å². The van der Waals surface area contributed by atoms with E-state index < -0.39 is 27.7 Å². The lowest BCUT2D eigenvalue weighted by molar-refractivity contribution is -0.141. The average Bonchev–Trinajstić information content (AvgIpc) is 2.81. The number of para-hydroxylation sites is 1. The Morgan fingerprint density at radius 2 is 1.69 bits per heavy atom. The van der Waals surface area contributed by atoms with Crippen LogP contribution in [0.5, 0.6) is 0 Å². The van der Waals surface area contributed by atoms with Gasteiger partial charge in [0.15, 0.2) is 0 Å². The fraction of sp³-hybridized carbons (Fsp3) is 0.440. The Labute approximate surface area is 206 Å². The van der Waals surface area contributed by atoms with Crippen molar-refractivity contribution in [2.24, 2.45) is 0 Å². The highest BCUT2D eigenvalue weighted by atomic mass is 32.2. The quantitative estimate of drug-likeness (QED) is 0.445. The molecule has 0 radical (unpaired) electrons. The van der Waals surface area contributed by atoms with Gasteiger partial charge in [-0.25, -0.2) is 17.2 Å². The van der Waals surface area contributed by atoms with Gasteiger partial charge in [-0.3, -0.25) is 13.9 Å². The Morgan fingerprint density at radius 1 is 1.03 bits per heavy atom. The smallest absolute Gasteiger partial charge is 0.242 e. The first kappa shape index (κ1) is 28.2. The van der Waals surface area contributed by atoms with Gasteiger partial charge in [-0.05, 0) is 49.1 Å². The molecule has 192 valence electrons. The lowest BCUT2D eigenvalue weighted by Gasteiger charge is -2.31.